The molecule has 8 nitrogen and oxygen atoms in total. The van der Waals surface area contributed by atoms with Crippen LogP contribution in [0.3, 0.4) is 0 Å². The number of anilines is 2. The van der Waals surface area contributed by atoms with Crippen LogP contribution in [0.25, 0.3) is 16.7 Å². The van der Waals surface area contributed by atoms with Crippen LogP contribution in [0.5, 0.6) is 0 Å². The van der Waals surface area contributed by atoms with Crippen LogP contribution in [0.1, 0.15) is 5.56 Å². The van der Waals surface area contributed by atoms with Gasteiger partial charge in [-0.2, -0.15) is 10.4 Å². The third-order valence-electron chi connectivity index (χ3n) is 5.10. The zero-order valence-electron chi connectivity index (χ0n) is 15.7. The van der Waals surface area contributed by atoms with Crippen molar-refractivity contribution in [1.82, 2.24) is 25.0 Å². The van der Waals surface area contributed by atoms with Crippen molar-refractivity contribution < 1.29 is 0 Å². The summed E-state index contributed by atoms with van der Waals surface area (Å²) in [5, 5.41) is 23.4. The lowest BCUT2D eigenvalue weighted by Gasteiger charge is -2.36. The summed E-state index contributed by atoms with van der Waals surface area (Å²) < 4.78 is 1.68. The van der Waals surface area contributed by atoms with Gasteiger partial charge < -0.3 is 9.80 Å². The number of hydrogen-bond donors (Lipinski definition) is 0. The molecule has 0 spiro atoms. The van der Waals surface area contributed by atoms with E-state index in [1.807, 2.05) is 54.7 Å². The van der Waals surface area contributed by atoms with Gasteiger partial charge in [-0.05, 0) is 30.3 Å². The average Bonchev–Trinajstić information content (AvgIpc) is 3.33. The van der Waals surface area contributed by atoms with Crippen LogP contribution < -0.4 is 9.80 Å². The fourth-order valence-electron chi connectivity index (χ4n) is 3.59. The highest BCUT2D eigenvalue weighted by Gasteiger charge is 2.22. The summed E-state index contributed by atoms with van der Waals surface area (Å²) in [7, 11) is 0. The van der Waals surface area contributed by atoms with Gasteiger partial charge >= 0.3 is 0 Å². The third kappa shape index (κ3) is 3.23. The van der Waals surface area contributed by atoms with E-state index < -0.39 is 0 Å². The van der Waals surface area contributed by atoms with E-state index in [0.29, 0.717) is 11.4 Å². The maximum Gasteiger partial charge on any atom is 0.175 e. The number of nitriles is 1. The molecule has 8 heteroatoms. The van der Waals surface area contributed by atoms with Crippen molar-refractivity contribution in [3.8, 4) is 11.9 Å². The molecule has 1 aliphatic rings. The topological polar surface area (TPSA) is 86.8 Å². The van der Waals surface area contributed by atoms with Gasteiger partial charge in [-0.15, -0.1) is 10.2 Å². The highest BCUT2D eigenvalue weighted by Crippen LogP contribution is 2.25. The Balaban J connectivity index is 1.33. The smallest absolute Gasteiger partial charge is 0.175 e. The van der Waals surface area contributed by atoms with Crippen molar-refractivity contribution >= 4 is 22.5 Å². The molecule has 0 unspecified atom stereocenters. The van der Waals surface area contributed by atoms with Gasteiger partial charge in [0, 0.05) is 44.0 Å². The van der Waals surface area contributed by atoms with Crippen LogP contribution in [0, 0.1) is 11.3 Å². The molecule has 0 atom stereocenters. The summed E-state index contributed by atoms with van der Waals surface area (Å²) in [6.45, 7) is 3.11. The van der Waals surface area contributed by atoms with E-state index in [-0.39, 0.29) is 0 Å². The molecule has 142 valence electrons. The van der Waals surface area contributed by atoms with Gasteiger partial charge in [0.05, 0.1) is 11.1 Å². The van der Waals surface area contributed by atoms with Crippen molar-refractivity contribution in [3.63, 3.8) is 0 Å². The molecule has 0 amide bonds. The number of aromatic nitrogens is 5. The lowest BCUT2D eigenvalue weighted by Crippen LogP contribution is -2.47. The predicted octanol–water partition coefficient (Wildman–Crippen LogP) is 2.41. The summed E-state index contributed by atoms with van der Waals surface area (Å²) in [6.07, 6.45) is 3.55. The van der Waals surface area contributed by atoms with Crippen molar-refractivity contribution in [2.45, 2.75) is 0 Å². The zero-order valence-corrected chi connectivity index (χ0v) is 15.7. The third-order valence-corrected chi connectivity index (χ3v) is 5.10. The number of fused-ring (bicyclic) bond motifs is 1. The Morgan fingerprint density at radius 3 is 2.34 bits per heavy atom. The first-order chi connectivity index (χ1) is 14.3. The van der Waals surface area contributed by atoms with Crippen molar-refractivity contribution in [2.24, 2.45) is 0 Å². The zero-order chi connectivity index (χ0) is 19.6. The Kier molecular flexibility index (Phi) is 4.26. The molecule has 0 N–H and O–H groups in total. The van der Waals surface area contributed by atoms with Crippen LogP contribution >= 0.6 is 0 Å². The first-order valence-electron chi connectivity index (χ1n) is 9.45. The van der Waals surface area contributed by atoms with Crippen LogP contribution in [-0.2, 0) is 0 Å². The van der Waals surface area contributed by atoms with Crippen LogP contribution in [0.15, 0.2) is 60.9 Å². The van der Waals surface area contributed by atoms with Crippen molar-refractivity contribution in [2.75, 3.05) is 36.0 Å². The number of para-hydroxylation sites is 1. The second kappa shape index (κ2) is 7.20. The highest BCUT2D eigenvalue weighted by atomic mass is 15.4. The van der Waals surface area contributed by atoms with Gasteiger partial charge in [-0.3, -0.25) is 0 Å². The number of rotatable bonds is 3. The lowest BCUT2D eigenvalue weighted by molar-refractivity contribution is 0.637. The van der Waals surface area contributed by atoms with Gasteiger partial charge in [0.25, 0.3) is 0 Å². The van der Waals surface area contributed by atoms with E-state index in [1.165, 1.54) is 0 Å². The first-order valence-corrected chi connectivity index (χ1v) is 9.45. The van der Waals surface area contributed by atoms with Crippen molar-refractivity contribution in [3.05, 3.63) is 66.5 Å². The first kappa shape index (κ1) is 17.1. The maximum absolute atomic E-state index is 9.59. The number of nitrogens with zero attached hydrogens (tertiary/aromatic N) is 8. The number of benzene rings is 1. The van der Waals surface area contributed by atoms with E-state index in [4.69, 9.17) is 4.98 Å². The van der Waals surface area contributed by atoms with E-state index in [0.717, 1.165) is 48.7 Å². The summed E-state index contributed by atoms with van der Waals surface area (Å²) in [5.74, 6) is 2.29. The molecule has 1 fully saturated rings. The minimum atomic E-state index is 0.612. The minimum absolute atomic E-state index is 0.612. The van der Waals surface area contributed by atoms with Gasteiger partial charge in [-0.1, -0.05) is 18.2 Å². The molecule has 1 aromatic carbocycles. The van der Waals surface area contributed by atoms with Crippen LogP contribution in [-0.4, -0.2) is 51.1 Å². The molecule has 0 radical (unpaired) electrons. The summed E-state index contributed by atoms with van der Waals surface area (Å²) >= 11 is 0. The Labute approximate surface area is 167 Å². The Morgan fingerprint density at radius 1 is 0.862 bits per heavy atom. The quantitative estimate of drug-likeness (QED) is 0.538. The standard InChI is InChI=1S/C21H18N8/c22-15-17-14-16-4-1-2-5-18(16)24-21(17)28-12-10-27(11-13-28)19-6-7-20(26-25-19)29-9-3-8-23-29/h1-9,14H,10-13H2. The van der Waals surface area contributed by atoms with Gasteiger partial charge in [0.2, 0.25) is 0 Å². The van der Waals surface area contributed by atoms with Crippen LogP contribution in [0.4, 0.5) is 11.6 Å². The second-order valence-corrected chi connectivity index (χ2v) is 6.84. The SMILES string of the molecule is N#Cc1cc2ccccc2nc1N1CCN(c2ccc(-n3cccn3)nn2)CC1. The molecule has 4 heterocycles. The fourth-order valence-corrected chi connectivity index (χ4v) is 3.59. The van der Waals surface area contributed by atoms with Crippen molar-refractivity contribution in [1.29, 1.82) is 5.26 Å². The molecular formula is C21H18N8. The molecule has 0 saturated carbocycles. The summed E-state index contributed by atoms with van der Waals surface area (Å²) in [4.78, 5) is 9.13. The van der Waals surface area contributed by atoms with Gasteiger partial charge in [-0.25, -0.2) is 9.67 Å². The fraction of sp³-hybridized carbons (Fsp3) is 0.190. The van der Waals surface area contributed by atoms with Crippen LogP contribution in [0.2, 0.25) is 0 Å². The molecule has 0 aliphatic carbocycles. The molecular weight excluding hydrogens is 364 g/mol. The Morgan fingerprint density at radius 2 is 1.62 bits per heavy atom. The Bertz CT molecular complexity index is 1170. The molecule has 5 rings (SSSR count). The number of hydrogen-bond acceptors (Lipinski definition) is 7. The second-order valence-electron chi connectivity index (χ2n) is 6.84. The Hall–Kier alpha value is -3.99. The molecule has 1 aliphatic heterocycles. The van der Waals surface area contributed by atoms with E-state index in [2.05, 4.69) is 31.2 Å². The average molecular weight is 382 g/mol. The van der Waals surface area contributed by atoms with Gasteiger partial charge in [0.15, 0.2) is 11.6 Å². The molecule has 1 saturated heterocycles. The van der Waals surface area contributed by atoms with E-state index >= 15 is 0 Å². The summed E-state index contributed by atoms with van der Waals surface area (Å²) in [6, 6.07) is 17.8. The lowest BCUT2D eigenvalue weighted by atomic mass is 10.1. The highest BCUT2D eigenvalue weighted by molar-refractivity contribution is 5.83. The maximum atomic E-state index is 9.59. The monoisotopic (exact) mass is 382 g/mol. The summed E-state index contributed by atoms with van der Waals surface area (Å²) in [5.41, 5.74) is 1.52. The number of piperazine rings is 1. The largest absolute Gasteiger partial charge is 0.352 e. The predicted molar refractivity (Wildman–Crippen MR) is 110 cm³/mol. The van der Waals surface area contributed by atoms with E-state index in [1.54, 1.807) is 10.9 Å². The number of pyridine rings is 1. The molecule has 4 aromatic rings. The molecule has 3 aromatic heterocycles. The van der Waals surface area contributed by atoms with E-state index in [9.17, 15) is 5.26 Å². The molecule has 29 heavy (non-hydrogen) atoms. The van der Waals surface area contributed by atoms with Gasteiger partial charge in [0.1, 0.15) is 11.9 Å². The minimum Gasteiger partial charge on any atom is -0.352 e. The molecule has 0 bridgehead atoms. The normalized spacial score (nSPS) is 14.2.